The third kappa shape index (κ3) is 3.37. The molecular weight excluding hydrogens is 202 g/mol. The van der Waals surface area contributed by atoms with Gasteiger partial charge in [-0.25, -0.2) is 4.79 Å². The molecule has 1 rings (SSSR count). The molecule has 1 saturated heterocycles. The lowest BCUT2D eigenvalue weighted by atomic mass is 10.0. The Labute approximate surface area is 99.0 Å². The summed E-state index contributed by atoms with van der Waals surface area (Å²) in [5.41, 5.74) is 0. The molecule has 0 aromatic heterocycles. The predicted molar refractivity (Wildman–Crippen MR) is 66.5 cm³/mol. The van der Waals surface area contributed by atoms with Crippen LogP contribution in [-0.4, -0.2) is 55.1 Å². The third-order valence-corrected chi connectivity index (χ3v) is 3.04. The molecular formula is C12H25N3O. The van der Waals surface area contributed by atoms with Crippen LogP contribution < -0.4 is 5.32 Å². The van der Waals surface area contributed by atoms with E-state index in [9.17, 15) is 4.79 Å². The summed E-state index contributed by atoms with van der Waals surface area (Å²) in [7, 11) is 3.63. The molecule has 16 heavy (non-hydrogen) atoms. The van der Waals surface area contributed by atoms with Crippen LogP contribution in [0, 0.1) is 5.92 Å². The molecule has 1 aliphatic heterocycles. The van der Waals surface area contributed by atoms with Crippen molar-refractivity contribution in [3.63, 3.8) is 0 Å². The summed E-state index contributed by atoms with van der Waals surface area (Å²) in [6.07, 6.45) is 1.13. The normalized spacial score (nSPS) is 26.0. The fourth-order valence-electron chi connectivity index (χ4n) is 2.18. The molecule has 1 heterocycles. The number of rotatable bonds is 2. The molecule has 0 bridgehead atoms. The van der Waals surface area contributed by atoms with E-state index in [2.05, 4.69) is 26.1 Å². The number of hydrogen-bond donors (Lipinski definition) is 1. The van der Waals surface area contributed by atoms with Crippen molar-refractivity contribution in [2.24, 2.45) is 5.92 Å². The van der Waals surface area contributed by atoms with E-state index in [1.807, 2.05) is 19.0 Å². The van der Waals surface area contributed by atoms with Gasteiger partial charge in [0.05, 0.1) is 0 Å². The number of amides is 2. The third-order valence-electron chi connectivity index (χ3n) is 3.04. The summed E-state index contributed by atoms with van der Waals surface area (Å²) in [6, 6.07) is 0.862. The van der Waals surface area contributed by atoms with Crippen molar-refractivity contribution >= 4 is 6.03 Å². The van der Waals surface area contributed by atoms with Crippen LogP contribution >= 0.6 is 0 Å². The maximum absolute atomic E-state index is 12.0. The zero-order valence-electron chi connectivity index (χ0n) is 11.2. The molecule has 0 radical (unpaired) electrons. The van der Waals surface area contributed by atoms with Gasteiger partial charge in [0.2, 0.25) is 0 Å². The van der Waals surface area contributed by atoms with Gasteiger partial charge in [0.25, 0.3) is 0 Å². The molecule has 1 N–H and O–H groups in total. The van der Waals surface area contributed by atoms with Crippen molar-refractivity contribution in [1.82, 2.24) is 15.1 Å². The highest BCUT2D eigenvalue weighted by Crippen LogP contribution is 2.14. The number of hydrogen-bond acceptors (Lipinski definition) is 2. The molecule has 2 unspecified atom stereocenters. The fourth-order valence-corrected chi connectivity index (χ4v) is 2.18. The molecule has 0 aliphatic carbocycles. The van der Waals surface area contributed by atoms with Crippen LogP contribution in [-0.2, 0) is 0 Å². The minimum atomic E-state index is 0.128. The second-order valence-electron chi connectivity index (χ2n) is 5.41. The Balaban J connectivity index is 2.58. The van der Waals surface area contributed by atoms with Gasteiger partial charge in [-0.2, -0.15) is 0 Å². The van der Waals surface area contributed by atoms with Gasteiger partial charge in [0, 0.05) is 39.3 Å². The van der Waals surface area contributed by atoms with E-state index in [0.717, 1.165) is 19.5 Å². The van der Waals surface area contributed by atoms with Crippen LogP contribution in [0.3, 0.4) is 0 Å². The Kier molecular flexibility index (Phi) is 4.59. The van der Waals surface area contributed by atoms with Gasteiger partial charge in [0.1, 0.15) is 0 Å². The molecule has 1 fully saturated rings. The van der Waals surface area contributed by atoms with E-state index in [-0.39, 0.29) is 6.03 Å². The Morgan fingerprint density at radius 2 is 2.12 bits per heavy atom. The summed E-state index contributed by atoms with van der Waals surface area (Å²) >= 11 is 0. The average molecular weight is 227 g/mol. The Bertz CT molecular complexity index is 240. The number of nitrogens with one attached hydrogen (secondary N) is 1. The van der Waals surface area contributed by atoms with Crippen LogP contribution in [0.15, 0.2) is 0 Å². The van der Waals surface area contributed by atoms with E-state index >= 15 is 0 Å². The molecule has 2 atom stereocenters. The van der Waals surface area contributed by atoms with Crippen LogP contribution in [0.5, 0.6) is 0 Å². The molecule has 1 aliphatic rings. The van der Waals surface area contributed by atoms with Crippen molar-refractivity contribution in [3.8, 4) is 0 Å². The van der Waals surface area contributed by atoms with Crippen LogP contribution in [0.1, 0.15) is 27.2 Å². The van der Waals surface area contributed by atoms with Gasteiger partial charge in [-0.1, -0.05) is 13.8 Å². The van der Waals surface area contributed by atoms with E-state index in [4.69, 9.17) is 0 Å². The Morgan fingerprint density at radius 1 is 1.50 bits per heavy atom. The summed E-state index contributed by atoms with van der Waals surface area (Å²) < 4.78 is 0. The van der Waals surface area contributed by atoms with E-state index in [1.165, 1.54) is 0 Å². The second-order valence-corrected chi connectivity index (χ2v) is 5.41. The lowest BCUT2D eigenvalue weighted by molar-refractivity contribution is 0.121. The minimum absolute atomic E-state index is 0.128. The highest BCUT2D eigenvalue weighted by atomic mass is 16.2. The zero-order valence-corrected chi connectivity index (χ0v) is 11.2. The quantitative estimate of drug-likeness (QED) is 0.773. The summed E-state index contributed by atoms with van der Waals surface area (Å²) in [4.78, 5) is 15.6. The van der Waals surface area contributed by atoms with Crippen molar-refractivity contribution in [2.75, 3.05) is 27.2 Å². The van der Waals surface area contributed by atoms with Gasteiger partial charge in [-0.3, -0.25) is 0 Å². The highest BCUT2D eigenvalue weighted by molar-refractivity contribution is 5.74. The number of carbonyl (C=O) groups is 1. The fraction of sp³-hybridized carbons (Fsp3) is 0.917. The van der Waals surface area contributed by atoms with Gasteiger partial charge in [-0.05, 0) is 19.3 Å². The monoisotopic (exact) mass is 227 g/mol. The molecule has 0 aromatic rings. The van der Waals surface area contributed by atoms with Gasteiger partial charge in [-0.15, -0.1) is 0 Å². The highest BCUT2D eigenvalue weighted by Gasteiger charge is 2.29. The Hall–Kier alpha value is -0.770. The van der Waals surface area contributed by atoms with Gasteiger partial charge < -0.3 is 15.1 Å². The number of nitrogens with zero attached hydrogens (tertiary/aromatic N) is 2. The Morgan fingerprint density at radius 3 is 2.62 bits per heavy atom. The molecule has 4 nitrogen and oxygen atoms in total. The lowest BCUT2D eigenvalue weighted by Gasteiger charge is -2.40. The number of carbonyl (C=O) groups excluding carboxylic acids is 1. The summed E-state index contributed by atoms with van der Waals surface area (Å²) in [5.74, 6) is 0.669. The van der Waals surface area contributed by atoms with E-state index in [1.54, 1.807) is 4.90 Å². The topological polar surface area (TPSA) is 35.6 Å². The first-order valence-electron chi connectivity index (χ1n) is 6.13. The second kappa shape index (κ2) is 5.53. The molecule has 0 spiro atoms. The standard InChI is InChI=1S/C12H25N3O/c1-9(2)6-11-8-15(10(3)7-13-11)12(16)14(4)5/h9-11,13H,6-8H2,1-5H3. The van der Waals surface area contributed by atoms with Crippen molar-refractivity contribution in [2.45, 2.75) is 39.3 Å². The van der Waals surface area contributed by atoms with Crippen molar-refractivity contribution in [3.05, 3.63) is 0 Å². The maximum atomic E-state index is 12.0. The molecule has 4 heteroatoms. The molecule has 0 saturated carbocycles. The van der Waals surface area contributed by atoms with E-state index in [0.29, 0.717) is 18.0 Å². The van der Waals surface area contributed by atoms with Crippen molar-refractivity contribution in [1.29, 1.82) is 0 Å². The summed E-state index contributed by atoms with van der Waals surface area (Å²) in [5, 5.41) is 3.51. The van der Waals surface area contributed by atoms with Gasteiger partial charge in [0.15, 0.2) is 0 Å². The smallest absolute Gasteiger partial charge is 0.319 e. The summed E-state index contributed by atoms with van der Waals surface area (Å²) in [6.45, 7) is 8.27. The van der Waals surface area contributed by atoms with Crippen LogP contribution in [0.4, 0.5) is 4.79 Å². The van der Waals surface area contributed by atoms with E-state index < -0.39 is 0 Å². The van der Waals surface area contributed by atoms with Crippen LogP contribution in [0.25, 0.3) is 0 Å². The number of piperazine rings is 1. The minimum Gasteiger partial charge on any atom is -0.331 e. The predicted octanol–water partition coefficient (Wildman–Crippen LogP) is 1.38. The first-order chi connectivity index (χ1) is 7.41. The average Bonchev–Trinajstić information content (AvgIpc) is 2.19. The first-order valence-corrected chi connectivity index (χ1v) is 6.13. The first kappa shape index (κ1) is 13.3. The van der Waals surface area contributed by atoms with Gasteiger partial charge >= 0.3 is 6.03 Å². The lowest BCUT2D eigenvalue weighted by Crippen LogP contribution is -2.59. The molecule has 94 valence electrons. The molecule has 2 amide bonds. The van der Waals surface area contributed by atoms with Crippen LogP contribution in [0.2, 0.25) is 0 Å². The maximum Gasteiger partial charge on any atom is 0.319 e. The largest absolute Gasteiger partial charge is 0.331 e. The van der Waals surface area contributed by atoms with Crippen molar-refractivity contribution < 1.29 is 4.79 Å². The number of urea groups is 1. The zero-order chi connectivity index (χ0) is 12.3. The SMILES string of the molecule is CC(C)CC1CN(C(=O)N(C)C)C(C)CN1. The molecule has 0 aromatic carbocycles.